The summed E-state index contributed by atoms with van der Waals surface area (Å²) in [7, 11) is 0. The Bertz CT molecular complexity index is 694. The first kappa shape index (κ1) is 15.4. The number of rotatable bonds is 1. The van der Waals surface area contributed by atoms with Crippen molar-refractivity contribution in [2.75, 3.05) is 0 Å². The first-order valence-corrected chi connectivity index (χ1v) is 6.36. The molecule has 2 aromatic rings. The number of hydrogen-bond acceptors (Lipinski definition) is 1. The van der Waals surface area contributed by atoms with Gasteiger partial charge >= 0.3 is 6.18 Å². The maximum absolute atomic E-state index is 12.4. The predicted molar refractivity (Wildman–Crippen MR) is 74.8 cm³/mol. The highest BCUT2D eigenvalue weighted by molar-refractivity contribution is 6.31. The first-order chi connectivity index (χ1) is 9.90. The Morgan fingerprint density at radius 2 is 1.67 bits per heavy atom. The number of alkyl halides is 3. The van der Waals surface area contributed by atoms with E-state index in [1.54, 1.807) is 18.2 Å². The number of halogens is 4. The second kappa shape index (κ2) is 6.21. The zero-order valence-corrected chi connectivity index (χ0v) is 11.5. The molecule has 0 unspecified atom stereocenters. The highest BCUT2D eigenvalue weighted by atomic mass is 35.5. The Morgan fingerprint density at radius 1 is 1.00 bits per heavy atom. The van der Waals surface area contributed by atoms with Crippen LogP contribution >= 0.6 is 11.6 Å². The van der Waals surface area contributed by atoms with E-state index >= 15 is 0 Å². The molecular formula is C16H10ClF3O. The number of hydrogen-bond donors (Lipinski definition) is 1. The third-order valence-corrected chi connectivity index (χ3v) is 3.10. The third-order valence-electron chi connectivity index (χ3n) is 2.77. The van der Waals surface area contributed by atoms with Crippen LogP contribution < -0.4 is 0 Å². The van der Waals surface area contributed by atoms with E-state index in [-0.39, 0.29) is 6.61 Å². The summed E-state index contributed by atoms with van der Waals surface area (Å²) in [4.78, 5) is 0. The van der Waals surface area contributed by atoms with E-state index in [0.29, 0.717) is 21.7 Å². The summed E-state index contributed by atoms with van der Waals surface area (Å²) < 4.78 is 37.3. The van der Waals surface area contributed by atoms with Gasteiger partial charge in [-0.05, 0) is 42.0 Å². The molecule has 5 heteroatoms. The lowest BCUT2D eigenvalue weighted by molar-refractivity contribution is -0.137. The molecule has 2 aromatic carbocycles. The minimum absolute atomic E-state index is 0.133. The molecule has 1 nitrogen and oxygen atoms in total. The number of aliphatic hydroxyl groups is 1. The highest BCUT2D eigenvalue weighted by Gasteiger charge is 2.29. The lowest BCUT2D eigenvalue weighted by Gasteiger charge is -2.05. The monoisotopic (exact) mass is 310 g/mol. The molecule has 0 amide bonds. The van der Waals surface area contributed by atoms with E-state index in [4.69, 9.17) is 16.7 Å². The van der Waals surface area contributed by atoms with Crippen LogP contribution in [0.3, 0.4) is 0 Å². The molecule has 0 bridgehead atoms. The first-order valence-electron chi connectivity index (χ1n) is 5.99. The quantitative estimate of drug-likeness (QED) is 0.781. The number of benzene rings is 2. The van der Waals surface area contributed by atoms with Crippen LogP contribution in [0, 0.1) is 11.8 Å². The van der Waals surface area contributed by atoms with Crippen molar-refractivity contribution >= 4 is 11.6 Å². The average molecular weight is 311 g/mol. The van der Waals surface area contributed by atoms with Crippen LogP contribution in [0.4, 0.5) is 13.2 Å². The average Bonchev–Trinajstić information content (AvgIpc) is 2.46. The predicted octanol–water partition coefficient (Wildman–Crippen LogP) is 4.25. The van der Waals surface area contributed by atoms with E-state index < -0.39 is 11.7 Å². The third kappa shape index (κ3) is 4.01. The van der Waals surface area contributed by atoms with Gasteiger partial charge in [-0.15, -0.1) is 0 Å². The Labute approximate surface area is 125 Å². The lowest BCUT2D eigenvalue weighted by atomic mass is 10.1. The lowest BCUT2D eigenvalue weighted by Crippen LogP contribution is -2.04. The van der Waals surface area contributed by atoms with Gasteiger partial charge in [0.25, 0.3) is 0 Å². The van der Waals surface area contributed by atoms with Crippen LogP contribution in [0.2, 0.25) is 5.02 Å². The highest BCUT2D eigenvalue weighted by Crippen LogP contribution is 2.29. The van der Waals surface area contributed by atoms with Crippen molar-refractivity contribution in [3.8, 4) is 11.8 Å². The van der Waals surface area contributed by atoms with Crippen molar-refractivity contribution in [3.63, 3.8) is 0 Å². The molecule has 1 N–H and O–H groups in total. The van der Waals surface area contributed by atoms with E-state index in [0.717, 1.165) is 12.1 Å². The molecule has 0 aliphatic carbocycles. The van der Waals surface area contributed by atoms with Crippen molar-refractivity contribution in [2.45, 2.75) is 12.8 Å². The molecule has 108 valence electrons. The Balaban J connectivity index is 2.27. The molecule has 0 atom stereocenters. The van der Waals surface area contributed by atoms with Crippen LogP contribution in [-0.2, 0) is 12.8 Å². The summed E-state index contributed by atoms with van der Waals surface area (Å²) in [5.41, 5.74) is 0.918. The van der Waals surface area contributed by atoms with Gasteiger partial charge in [0.2, 0.25) is 0 Å². The molecule has 0 radical (unpaired) electrons. The molecule has 0 aliphatic rings. The summed E-state index contributed by atoms with van der Waals surface area (Å²) in [6, 6.07) is 9.50. The molecule has 0 fully saturated rings. The van der Waals surface area contributed by atoms with Gasteiger partial charge in [-0.3, -0.25) is 0 Å². The zero-order chi connectivity index (χ0) is 15.5. The molecule has 21 heavy (non-hydrogen) atoms. The molecule has 0 saturated heterocycles. The van der Waals surface area contributed by atoms with Crippen LogP contribution in [0.15, 0.2) is 42.5 Å². The van der Waals surface area contributed by atoms with E-state index in [1.807, 2.05) is 0 Å². The maximum atomic E-state index is 12.4. The van der Waals surface area contributed by atoms with Crippen LogP contribution in [0.25, 0.3) is 0 Å². The van der Waals surface area contributed by atoms with Crippen molar-refractivity contribution in [3.05, 3.63) is 69.7 Å². The topological polar surface area (TPSA) is 20.2 Å². The van der Waals surface area contributed by atoms with E-state index in [1.165, 1.54) is 12.1 Å². The van der Waals surface area contributed by atoms with E-state index in [2.05, 4.69) is 11.8 Å². The molecule has 0 spiro atoms. The summed E-state index contributed by atoms with van der Waals surface area (Å²) in [6.07, 6.45) is -4.36. The van der Waals surface area contributed by atoms with Gasteiger partial charge in [-0.1, -0.05) is 29.5 Å². The van der Waals surface area contributed by atoms with Gasteiger partial charge in [-0.25, -0.2) is 0 Å². The van der Waals surface area contributed by atoms with Gasteiger partial charge in [0, 0.05) is 11.1 Å². The van der Waals surface area contributed by atoms with Crippen molar-refractivity contribution in [1.29, 1.82) is 0 Å². The second-order valence-corrected chi connectivity index (χ2v) is 4.70. The maximum Gasteiger partial charge on any atom is 0.416 e. The van der Waals surface area contributed by atoms with Crippen molar-refractivity contribution in [1.82, 2.24) is 0 Å². The fraction of sp³-hybridized carbons (Fsp3) is 0.125. The van der Waals surface area contributed by atoms with Gasteiger partial charge in [0.1, 0.15) is 0 Å². The fourth-order valence-corrected chi connectivity index (χ4v) is 1.81. The molecular weight excluding hydrogens is 301 g/mol. The summed E-state index contributed by atoms with van der Waals surface area (Å²) >= 11 is 5.97. The van der Waals surface area contributed by atoms with Gasteiger partial charge in [0.05, 0.1) is 17.2 Å². The second-order valence-electron chi connectivity index (χ2n) is 4.30. The van der Waals surface area contributed by atoms with E-state index in [9.17, 15) is 13.2 Å². The molecule has 0 saturated carbocycles. The summed E-state index contributed by atoms with van der Waals surface area (Å²) in [6.45, 7) is -0.133. The number of aliphatic hydroxyl groups excluding tert-OH is 1. The molecule has 2 rings (SSSR count). The summed E-state index contributed by atoms with van der Waals surface area (Å²) in [5.74, 6) is 5.54. The van der Waals surface area contributed by atoms with Gasteiger partial charge in [-0.2, -0.15) is 13.2 Å². The van der Waals surface area contributed by atoms with Crippen LogP contribution in [0.1, 0.15) is 22.3 Å². The Hall–Kier alpha value is -1.96. The largest absolute Gasteiger partial charge is 0.416 e. The Kier molecular flexibility index (Phi) is 4.56. The standard InChI is InChI=1S/C16H10ClF3O/c17-15-8-4-12(10-21)9-13(15)5-1-11-2-6-14(7-3-11)16(18,19)20/h2-4,6-9,21H,10H2. The SMILES string of the molecule is OCc1ccc(Cl)c(C#Cc2ccc(C(F)(F)F)cc2)c1. The van der Waals surface area contributed by atoms with Crippen molar-refractivity contribution < 1.29 is 18.3 Å². The van der Waals surface area contributed by atoms with Gasteiger partial charge in [0.15, 0.2) is 0 Å². The molecule has 0 aromatic heterocycles. The minimum atomic E-state index is -4.36. The normalized spacial score (nSPS) is 10.9. The zero-order valence-electron chi connectivity index (χ0n) is 10.7. The molecule has 0 heterocycles. The minimum Gasteiger partial charge on any atom is -0.392 e. The smallest absolute Gasteiger partial charge is 0.392 e. The fourth-order valence-electron chi connectivity index (χ4n) is 1.65. The van der Waals surface area contributed by atoms with Crippen molar-refractivity contribution in [2.24, 2.45) is 0 Å². The summed E-state index contributed by atoms with van der Waals surface area (Å²) in [5, 5.41) is 9.47. The van der Waals surface area contributed by atoms with Crippen LogP contribution in [0.5, 0.6) is 0 Å². The van der Waals surface area contributed by atoms with Crippen LogP contribution in [-0.4, -0.2) is 5.11 Å². The Morgan fingerprint density at radius 3 is 2.24 bits per heavy atom. The molecule has 0 aliphatic heterocycles. The van der Waals surface area contributed by atoms with Gasteiger partial charge < -0.3 is 5.11 Å².